The molecule has 1 saturated heterocycles. The summed E-state index contributed by atoms with van der Waals surface area (Å²) < 4.78 is 0. The summed E-state index contributed by atoms with van der Waals surface area (Å²) in [7, 11) is 0. The lowest BCUT2D eigenvalue weighted by Gasteiger charge is -2.17. The molecule has 0 aliphatic carbocycles. The lowest BCUT2D eigenvalue weighted by Crippen LogP contribution is -2.21. The summed E-state index contributed by atoms with van der Waals surface area (Å²) in [6.45, 7) is 3.25. The average Bonchev–Trinajstić information content (AvgIpc) is 2.68. The minimum Gasteiger partial charge on any atom is -0.507 e. The summed E-state index contributed by atoms with van der Waals surface area (Å²) in [6.07, 6.45) is 0.430. The van der Waals surface area contributed by atoms with Crippen molar-refractivity contribution < 1.29 is 15.0 Å². The van der Waals surface area contributed by atoms with Gasteiger partial charge in [0.1, 0.15) is 5.75 Å². The van der Waals surface area contributed by atoms with Crippen LogP contribution in [-0.4, -0.2) is 40.1 Å². The number of carbonyl (C=O) groups is 1. The molecule has 1 heterocycles. The van der Waals surface area contributed by atoms with Crippen molar-refractivity contribution >= 4 is 17.4 Å². The summed E-state index contributed by atoms with van der Waals surface area (Å²) >= 11 is 5.95. The van der Waals surface area contributed by atoms with E-state index in [-0.39, 0.29) is 23.2 Å². The standard InChI is InChI=1S/C13H16ClNO3/c1-8(16)12-5-10(14)4-9(13(12)18)6-15-3-2-11(17)7-15/h4-5,11,17-18H,2-3,6-7H2,1H3. The van der Waals surface area contributed by atoms with Gasteiger partial charge in [-0.3, -0.25) is 9.69 Å². The van der Waals surface area contributed by atoms with Crippen LogP contribution >= 0.6 is 11.6 Å². The van der Waals surface area contributed by atoms with Crippen molar-refractivity contribution in [3.05, 3.63) is 28.3 Å². The molecule has 1 aromatic carbocycles. The third kappa shape index (κ3) is 2.83. The van der Waals surface area contributed by atoms with Crippen LogP contribution in [0.1, 0.15) is 29.3 Å². The maximum Gasteiger partial charge on any atom is 0.163 e. The SMILES string of the molecule is CC(=O)c1cc(Cl)cc(CN2CCC(O)C2)c1O. The summed E-state index contributed by atoms with van der Waals surface area (Å²) in [4.78, 5) is 13.4. The molecule has 0 aromatic heterocycles. The second kappa shape index (κ2) is 5.26. The number of aromatic hydroxyl groups is 1. The Hall–Kier alpha value is -1.10. The number of likely N-dealkylation sites (tertiary alicyclic amines) is 1. The Morgan fingerprint density at radius 1 is 1.56 bits per heavy atom. The van der Waals surface area contributed by atoms with E-state index in [1.165, 1.54) is 13.0 Å². The van der Waals surface area contributed by atoms with Crippen molar-refractivity contribution in [2.45, 2.75) is 26.0 Å². The van der Waals surface area contributed by atoms with E-state index in [0.29, 0.717) is 23.7 Å². The molecule has 98 valence electrons. The monoisotopic (exact) mass is 269 g/mol. The van der Waals surface area contributed by atoms with E-state index >= 15 is 0 Å². The number of phenols is 1. The number of aliphatic hydroxyl groups is 1. The van der Waals surface area contributed by atoms with Crippen LogP contribution in [0.3, 0.4) is 0 Å². The highest BCUT2D eigenvalue weighted by atomic mass is 35.5. The van der Waals surface area contributed by atoms with Crippen LogP contribution in [0.2, 0.25) is 5.02 Å². The maximum atomic E-state index is 11.4. The van der Waals surface area contributed by atoms with Gasteiger partial charge in [0.2, 0.25) is 0 Å². The maximum absolute atomic E-state index is 11.4. The Kier molecular flexibility index (Phi) is 3.90. The fourth-order valence-corrected chi connectivity index (χ4v) is 2.48. The van der Waals surface area contributed by atoms with E-state index < -0.39 is 0 Å². The minimum atomic E-state index is -0.307. The molecule has 18 heavy (non-hydrogen) atoms. The predicted molar refractivity (Wildman–Crippen MR) is 69.0 cm³/mol. The van der Waals surface area contributed by atoms with E-state index in [9.17, 15) is 15.0 Å². The second-order valence-corrected chi connectivity index (χ2v) is 5.13. The highest BCUT2D eigenvalue weighted by Crippen LogP contribution is 2.29. The van der Waals surface area contributed by atoms with Crippen LogP contribution in [-0.2, 0) is 6.54 Å². The number of ketones is 1. The van der Waals surface area contributed by atoms with Gasteiger partial charge in [-0.25, -0.2) is 0 Å². The second-order valence-electron chi connectivity index (χ2n) is 4.69. The van der Waals surface area contributed by atoms with E-state index in [2.05, 4.69) is 0 Å². The van der Waals surface area contributed by atoms with Crippen LogP contribution in [0.25, 0.3) is 0 Å². The third-order valence-electron chi connectivity index (χ3n) is 3.17. The quantitative estimate of drug-likeness (QED) is 0.822. The lowest BCUT2D eigenvalue weighted by molar-refractivity contribution is 0.101. The topological polar surface area (TPSA) is 60.8 Å². The first-order valence-corrected chi connectivity index (χ1v) is 6.28. The van der Waals surface area contributed by atoms with Gasteiger partial charge in [-0.2, -0.15) is 0 Å². The number of rotatable bonds is 3. The molecule has 0 bridgehead atoms. The number of halogens is 1. The van der Waals surface area contributed by atoms with Crippen LogP contribution in [0.5, 0.6) is 5.75 Å². The van der Waals surface area contributed by atoms with Gasteiger partial charge in [0.05, 0.1) is 11.7 Å². The molecule has 1 atom stereocenters. The summed E-state index contributed by atoms with van der Waals surface area (Å²) in [5.41, 5.74) is 0.874. The summed E-state index contributed by atoms with van der Waals surface area (Å²) in [6, 6.07) is 3.13. The molecule has 2 rings (SSSR count). The van der Waals surface area contributed by atoms with Crippen LogP contribution in [0, 0.1) is 0 Å². The van der Waals surface area contributed by atoms with Crippen molar-refractivity contribution in [3.8, 4) is 5.75 Å². The van der Waals surface area contributed by atoms with E-state index in [1.54, 1.807) is 6.07 Å². The summed E-state index contributed by atoms with van der Waals surface area (Å²) in [5.74, 6) is -0.217. The molecule has 5 heteroatoms. The van der Waals surface area contributed by atoms with Crippen molar-refractivity contribution in [1.82, 2.24) is 4.90 Å². The molecule has 0 saturated carbocycles. The van der Waals surface area contributed by atoms with Crippen molar-refractivity contribution in [1.29, 1.82) is 0 Å². The third-order valence-corrected chi connectivity index (χ3v) is 3.39. The van der Waals surface area contributed by atoms with E-state index in [0.717, 1.165) is 13.0 Å². The molecule has 1 aliphatic rings. The van der Waals surface area contributed by atoms with Gasteiger partial charge in [0.15, 0.2) is 5.78 Å². The molecule has 2 N–H and O–H groups in total. The zero-order chi connectivity index (χ0) is 13.3. The van der Waals surface area contributed by atoms with Crippen molar-refractivity contribution in [2.75, 3.05) is 13.1 Å². The van der Waals surface area contributed by atoms with Gasteiger partial charge < -0.3 is 10.2 Å². The largest absolute Gasteiger partial charge is 0.507 e. The van der Waals surface area contributed by atoms with Gasteiger partial charge in [-0.15, -0.1) is 0 Å². The first-order valence-electron chi connectivity index (χ1n) is 5.90. The predicted octanol–water partition coefficient (Wildman–Crippen LogP) is 1.81. The highest BCUT2D eigenvalue weighted by Gasteiger charge is 2.22. The summed E-state index contributed by atoms with van der Waals surface area (Å²) in [5, 5.41) is 19.9. The fraction of sp³-hybridized carbons (Fsp3) is 0.462. The van der Waals surface area contributed by atoms with Crippen molar-refractivity contribution in [2.24, 2.45) is 0 Å². The number of hydrogen-bond acceptors (Lipinski definition) is 4. The first kappa shape index (κ1) is 13.3. The van der Waals surface area contributed by atoms with E-state index in [4.69, 9.17) is 11.6 Å². The number of phenolic OH excluding ortho intramolecular Hbond substituents is 1. The number of Topliss-reactive ketones (excluding diaryl/α,β-unsaturated/α-hetero) is 1. The normalized spacial score (nSPS) is 20.3. The van der Waals surface area contributed by atoms with Gasteiger partial charge in [-0.1, -0.05) is 11.6 Å². The number of nitrogens with zero attached hydrogens (tertiary/aromatic N) is 1. The zero-order valence-corrected chi connectivity index (χ0v) is 10.9. The molecule has 4 nitrogen and oxygen atoms in total. The Balaban J connectivity index is 2.24. The molecule has 1 aromatic rings. The number of hydrogen-bond donors (Lipinski definition) is 2. The Morgan fingerprint density at radius 3 is 2.83 bits per heavy atom. The van der Waals surface area contributed by atoms with Crippen molar-refractivity contribution in [3.63, 3.8) is 0 Å². The van der Waals surface area contributed by atoms with Crippen LogP contribution < -0.4 is 0 Å². The zero-order valence-electron chi connectivity index (χ0n) is 10.2. The molecular formula is C13H16ClNO3. The Morgan fingerprint density at radius 2 is 2.28 bits per heavy atom. The number of carbonyl (C=O) groups excluding carboxylic acids is 1. The highest BCUT2D eigenvalue weighted by molar-refractivity contribution is 6.31. The molecule has 0 amide bonds. The smallest absolute Gasteiger partial charge is 0.163 e. The van der Waals surface area contributed by atoms with Gasteiger partial charge in [0.25, 0.3) is 0 Å². The molecular weight excluding hydrogens is 254 g/mol. The first-order chi connectivity index (χ1) is 8.47. The molecule has 1 fully saturated rings. The van der Waals surface area contributed by atoms with E-state index in [1.807, 2.05) is 4.90 Å². The van der Waals surface area contributed by atoms with Crippen LogP contribution in [0.15, 0.2) is 12.1 Å². The fourth-order valence-electron chi connectivity index (χ4n) is 2.24. The molecule has 1 aliphatic heterocycles. The Labute approximate surface area is 111 Å². The molecule has 1 unspecified atom stereocenters. The number of β-amino-alcohol motifs (C(OH)–C–C–N with tert-alkyl or cyclic N) is 1. The van der Waals surface area contributed by atoms with Gasteiger partial charge >= 0.3 is 0 Å². The van der Waals surface area contributed by atoms with Crippen LogP contribution in [0.4, 0.5) is 0 Å². The molecule has 0 spiro atoms. The Bertz CT molecular complexity index is 476. The molecule has 0 radical (unpaired) electrons. The number of aliphatic hydroxyl groups excluding tert-OH is 1. The lowest BCUT2D eigenvalue weighted by atomic mass is 10.1. The minimum absolute atomic E-state index is 0.00621. The van der Waals surface area contributed by atoms with Gasteiger partial charge in [0, 0.05) is 30.2 Å². The van der Waals surface area contributed by atoms with Gasteiger partial charge in [-0.05, 0) is 25.5 Å². The average molecular weight is 270 g/mol. The number of benzene rings is 1.